The summed E-state index contributed by atoms with van der Waals surface area (Å²) in [5, 5.41) is 0. The molecule has 0 aliphatic carbocycles. The highest BCUT2D eigenvalue weighted by molar-refractivity contribution is 7.99. The third-order valence-corrected chi connectivity index (χ3v) is 3.10. The van der Waals surface area contributed by atoms with Gasteiger partial charge in [-0.05, 0) is 26.2 Å². The highest BCUT2D eigenvalue weighted by Gasteiger charge is 2.05. The highest BCUT2D eigenvalue weighted by atomic mass is 32.2. The second-order valence-corrected chi connectivity index (χ2v) is 4.66. The van der Waals surface area contributed by atoms with Gasteiger partial charge in [0, 0.05) is 17.2 Å². The molecule has 0 aromatic heterocycles. The number of ether oxygens (including phenoxy) is 1. The summed E-state index contributed by atoms with van der Waals surface area (Å²) in [4.78, 5) is 3.25. The van der Waals surface area contributed by atoms with Crippen LogP contribution < -0.4 is 10.5 Å². The summed E-state index contributed by atoms with van der Waals surface area (Å²) < 4.78 is 5.16. The van der Waals surface area contributed by atoms with Gasteiger partial charge in [0.2, 0.25) is 0 Å². The van der Waals surface area contributed by atoms with Gasteiger partial charge < -0.3 is 15.4 Å². The van der Waals surface area contributed by atoms with Gasteiger partial charge >= 0.3 is 0 Å². The van der Waals surface area contributed by atoms with Crippen molar-refractivity contribution < 1.29 is 4.74 Å². The molecule has 0 amide bonds. The van der Waals surface area contributed by atoms with Crippen molar-refractivity contribution in [3.8, 4) is 5.75 Å². The van der Waals surface area contributed by atoms with Gasteiger partial charge in [0.15, 0.2) is 0 Å². The molecule has 15 heavy (non-hydrogen) atoms. The predicted molar refractivity (Wildman–Crippen MR) is 66.7 cm³/mol. The minimum atomic E-state index is 0.740. The SMILES string of the molecule is COc1cccc(SCCN(C)C)c1N. The molecule has 0 aliphatic heterocycles. The second-order valence-electron chi connectivity index (χ2n) is 3.52. The third-order valence-electron chi connectivity index (χ3n) is 2.04. The van der Waals surface area contributed by atoms with Gasteiger partial charge in [-0.25, -0.2) is 0 Å². The maximum Gasteiger partial charge on any atom is 0.142 e. The Morgan fingerprint density at radius 3 is 2.73 bits per heavy atom. The second kappa shape index (κ2) is 5.88. The number of benzene rings is 1. The highest BCUT2D eigenvalue weighted by Crippen LogP contribution is 2.32. The van der Waals surface area contributed by atoms with E-state index in [1.54, 1.807) is 18.9 Å². The van der Waals surface area contributed by atoms with Gasteiger partial charge in [0.25, 0.3) is 0 Å². The third kappa shape index (κ3) is 3.64. The Balaban J connectivity index is 2.61. The molecule has 0 atom stereocenters. The van der Waals surface area contributed by atoms with E-state index in [1.165, 1.54) is 0 Å². The van der Waals surface area contributed by atoms with E-state index in [0.29, 0.717) is 0 Å². The molecule has 0 bridgehead atoms. The molecule has 1 aromatic rings. The molecule has 0 radical (unpaired) electrons. The van der Waals surface area contributed by atoms with Crippen LogP contribution in [0.4, 0.5) is 5.69 Å². The molecule has 0 saturated heterocycles. The Hall–Kier alpha value is -0.870. The average Bonchev–Trinajstić information content (AvgIpc) is 2.20. The van der Waals surface area contributed by atoms with Gasteiger partial charge in [-0.2, -0.15) is 0 Å². The van der Waals surface area contributed by atoms with Crippen molar-refractivity contribution in [2.75, 3.05) is 39.2 Å². The Labute approximate surface area is 95.6 Å². The number of anilines is 1. The van der Waals surface area contributed by atoms with Crippen molar-refractivity contribution >= 4 is 17.4 Å². The van der Waals surface area contributed by atoms with Gasteiger partial charge in [-0.3, -0.25) is 0 Å². The van der Waals surface area contributed by atoms with Gasteiger partial charge in [0.05, 0.1) is 12.8 Å². The summed E-state index contributed by atoms with van der Waals surface area (Å²) in [5.41, 5.74) is 6.69. The normalized spacial score (nSPS) is 10.7. The van der Waals surface area contributed by atoms with Crippen LogP contribution in [0.1, 0.15) is 0 Å². The van der Waals surface area contributed by atoms with E-state index < -0.39 is 0 Å². The zero-order chi connectivity index (χ0) is 11.3. The summed E-state index contributed by atoms with van der Waals surface area (Å²) in [6, 6.07) is 5.87. The van der Waals surface area contributed by atoms with Crippen LogP contribution in [0, 0.1) is 0 Å². The average molecular weight is 226 g/mol. The van der Waals surface area contributed by atoms with E-state index in [-0.39, 0.29) is 0 Å². The molecule has 0 aliphatic rings. The quantitative estimate of drug-likeness (QED) is 0.615. The van der Waals surface area contributed by atoms with E-state index in [0.717, 1.165) is 28.6 Å². The summed E-state index contributed by atoms with van der Waals surface area (Å²) >= 11 is 1.76. The molecule has 0 heterocycles. The molecule has 84 valence electrons. The zero-order valence-corrected chi connectivity index (χ0v) is 10.3. The van der Waals surface area contributed by atoms with Crippen molar-refractivity contribution in [2.24, 2.45) is 0 Å². The first-order valence-electron chi connectivity index (χ1n) is 4.85. The van der Waals surface area contributed by atoms with Crippen molar-refractivity contribution in [2.45, 2.75) is 4.90 Å². The van der Waals surface area contributed by atoms with E-state index in [4.69, 9.17) is 10.5 Å². The maximum absolute atomic E-state index is 5.95. The minimum absolute atomic E-state index is 0.740. The number of thioether (sulfide) groups is 1. The molecule has 0 spiro atoms. The lowest BCUT2D eigenvalue weighted by Crippen LogP contribution is -2.14. The number of nitrogen functional groups attached to an aromatic ring is 1. The molecule has 3 nitrogen and oxygen atoms in total. The molecule has 0 saturated carbocycles. The number of para-hydroxylation sites is 1. The van der Waals surface area contributed by atoms with Crippen molar-refractivity contribution in [1.82, 2.24) is 4.90 Å². The molecule has 1 aromatic carbocycles. The molecular weight excluding hydrogens is 208 g/mol. The Bertz CT molecular complexity index is 315. The lowest BCUT2D eigenvalue weighted by atomic mass is 10.3. The number of nitrogens with two attached hydrogens (primary N) is 1. The van der Waals surface area contributed by atoms with Crippen LogP contribution >= 0.6 is 11.8 Å². The molecule has 0 unspecified atom stereocenters. The lowest BCUT2D eigenvalue weighted by molar-refractivity contribution is 0.416. The van der Waals surface area contributed by atoms with Crippen LogP contribution in [-0.4, -0.2) is 38.4 Å². The fraction of sp³-hybridized carbons (Fsp3) is 0.455. The largest absolute Gasteiger partial charge is 0.495 e. The van der Waals surface area contributed by atoms with Gasteiger partial charge in [0.1, 0.15) is 5.75 Å². The first-order chi connectivity index (χ1) is 7.15. The number of hydrogen-bond acceptors (Lipinski definition) is 4. The number of methoxy groups -OCH3 is 1. The Morgan fingerprint density at radius 1 is 1.40 bits per heavy atom. The van der Waals surface area contributed by atoms with Crippen molar-refractivity contribution in [1.29, 1.82) is 0 Å². The molecule has 0 fully saturated rings. The molecule has 1 rings (SSSR count). The number of rotatable bonds is 5. The lowest BCUT2D eigenvalue weighted by Gasteiger charge is -2.11. The number of nitrogens with zero attached hydrogens (tertiary/aromatic N) is 1. The van der Waals surface area contributed by atoms with E-state index in [9.17, 15) is 0 Å². The fourth-order valence-electron chi connectivity index (χ4n) is 1.17. The van der Waals surface area contributed by atoms with Crippen LogP contribution in [0.25, 0.3) is 0 Å². The first-order valence-corrected chi connectivity index (χ1v) is 5.83. The molecule has 4 heteroatoms. The maximum atomic E-state index is 5.95. The fourth-order valence-corrected chi connectivity index (χ4v) is 2.27. The Kier molecular flexibility index (Phi) is 4.78. The standard InChI is InChI=1S/C11H18N2OS/c1-13(2)7-8-15-10-6-4-5-9(14-3)11(10)12/h4-6H,7-8,12H2,1-3H3. The molecular formula is C11H18N2OS. The monoisotopic (exact) mass is 226 g/mol. The summed E-state index contributed by atoms with van der Waals surface area (Å²) in [6.45, 7) is 1.04. The van der Waals surface area contributed by atoms with Gasteiger partial charge in [-0.1, -0.05) is 6.07 Å². The van der Waals surface area contributed by atoms with E-state index in [1.807, 2.05) is 18.2 Å². The first kappa shape index (κ1) is 12.2. The van der Waals surface area contributed by atoms with Gasteiger partial charge in [-0.15, -0.1) is 11.8 Å². The van der Waals surface area contributed by atoms with Crippen molar-refractivity contribution in [3.63, 3.8) is 0 Å². The summed E-state index contributed by atoms with van der Waals surface area (Å²) in [5.74, 6) is 1.79. The minimum Gasteiger partial charge on any atom is -0.495 e. The summed E-state index contributed by atoms with van der Waals surface area (Å²) in [6.07, 6.45) is 0. The van der Waals surface area contributed by atoms with E-state index in [2.05, 4.69) is 19.0 Å². The van der Waals surface area contributed by atoms with Crippen LogP contribution in [0.15, 0.2) is 23.1 Å². The topological polar surface area (TPSA) is 38.5 Å². The van der Waals surface area contributed by atoms with Crippen LogP contribution in [-0.2, 0) is 0 Å². The van der Waals surface area contributed by atoms with E-state index >= 15 is 0 Å². The van der Waals surface area contributed by atoms with Crippen LogP contribution in [0.5, 0.6) is 5.75 Å². The Morgan fingerprint density at radius 2 is 2.13 bits per heavy atom. The summed E-state index contributed by atoms with van der Waals surface area (Å²) in [7, 11) is 5.77. The number of hydrogen-bond donors (Lipinski definition) is 1. The zero-order valence-electron chi connectivity index (χ0n) is 9.49. The van der Waals surface area contributed by atoms with Crippen LogP contribution in [0.3, 0.4) is 0 Å². The van der Waals surface area contributed by atoms with Crippen molar-refractivity contribution in [3.05, 3.63) is 18.2 Å². The smallest absolute Gasteiger partial charge is 0.142 e. The molecule has 2 N–H and O–H groups in total. The van der Waals surface area contributed by atoms with Crippen LogP contribution in [0.2, 0.25) is 0 Å². The predicted octanol–water partition coefficient (Wildman–Crippen LogP) is 1.93.